The molecule has 0 aliphatic carbocycles. The van der Waals surface area contributed by atoms with Gasteiger partial charge in [-0.25, -0.2) is 4.99 Å². The molecule has 4 N–H and O–H groups in total. The van der Waals surface area contributed by atoms with Gasteiger partial charge in [-0.2, -0.15) is 0 Å². The van der Waals surface area contributed by atoms with Crippen molar-refractivity contribution in [2.45, 2.75) is 20.8 Å². The number of aliphatic imine (C=N–C) groups is 1. The molecule has 4 nitrogen and oxygen atoms in total. The normalized spacial score (nSPS) is 12.6. The second-order valence-electron chi connectivity index (χ2n) is 4.66. The Morgan fingerprint density at radius 3 is 2.38 bits per heavy atom. The molecule has 0 saturated heterocycles. The number of carbonyl (C=O) groups is 1. The quantitative estimate of drug-likeness (QED) is 0.587. The Morgan fingerprint density at radius 2 is 1.88 bits per heavy atom. The summed E-state index contributed by atoms with van der Waals surface area (Å²) >= 11 is 0. The number of hydrogen-bond donors (Lipinski definition) is 2. The highest BCUT2D eigenvalue weighted by atomic mass is 16.1. The fourth-order valence-corrected chi connectivity index (χ4v) is 1.04. The van der Waals surface area contributed by atoms with Crippen molar-refractivity contribution in [3.63, 3.8) is 0 Å². The van der Waals surface area contributed by atoms with Crippen LogP contribution in [-0.2, 0) is 0 Å². The van der Waals surface area contributed by atoms with Crippen LogP contribution in [-0.4, -0.2) is 11.7 Å². The van der Waals surface area contributed by atoms with E-state index in [-0.39, 0.29) is 5.41 Å². The van der Waals surface area contributed by atoms with Gasteiger partial charge in [0.05, 0.1) is 5.69 Å². The van der Waals surface area contributed by atoms with Crippen LogP contribution in [0.5, 0.6) is 0 Å². The third-order valence-corrected chi connectivity index (χ3v) is 2.15. The minimum absolute atomic E-state index is 0.192. The molecular weight excluding hydrogens is 202 g/mol. The third kappa shape index (κ3) is 3.08. The minimum Gasteiger partial charge on any atom is -0.387 e. The summed E-state index contributed by atoms with van der Waals surface area (Å²) in [4.78, 5) is 15.2. The van der Waals surface area contributed by atoms with Gasteiger partial charge in [0, 0.05) is 11.0 Å². The zero-order valence-electron chi connectivity index (χ0n) is 9.82. The van der Waals surface area contributed by atoms with Crippen molar-refractivity contribution in [1.82, 2.24) is 0 Å². The van der Waals surface area contributed by atoms with Crippen LogP contribution >= 0.6 is 0 Å². The predicted octanol–water partition coefficient (Wildman–Crippen LogP) is 1.82. The van der Waals surface area contributed by atoms with Crippen molar-refractivity contribution < 1.29 is 4.79 Å². The maximum absolute atomic E-state index is 11.0. The molecule has 0 spiro atoms. The Bertz CT molecular complexity index is 430. The van der Waals surface area contributed by atoms with Gasteiger partial charge in [-0.15, -0.1) is 0 Å². The Labute approximate surface area is 95.4 Å². The van der Waals surface area contributed by atoms with Gasteiger partial charge in [-0.05, 0) is 18.2 Å². The molecule has 0 atom stereocenters. The molecule has 0 heterocycles. The van der Waals surface area contributed by atoms with E-state index in [4.69, 9.17) is 11.5 Å². The average molecular weight is 219 g/mol. The molecule has 1 aromatic carbocycles. The highest BCUT2D eigenvalue weighted by molar-refractivity contribution is 5.94. The molecule has 0 saturated carbocycles. The number of nitrogens with two attached hydrogens (primary N) is 2. The molecule has 0 radical (unpaired) electrons. The zero-order valence-corrected chi connectivity index (χ0v) is 9.82. The van der Waals surface area contributed by atoms with Gasteiger partial charge in [0.15, 0.2) is 0 Å². The maximum atomic E-state index is 11.0. The molecule has 0 fully saturated rings. The lowest BCUT2D eigenvalue weighted by molar-refractivity contribution is 0.100. The smallest absolute Gasteiger partial charge is 0.248 e. The van der Waals surface area contributed by atoms with Gasteiger partial charge in [-0.3, -0.25) is 4.79 Å². The first-order chi connectivity index (χ1) is 7.30. The monoisotopic (exact) mass is 219 g/mol. The number of benzene rings is 1. The van der Waals surface area contributed by atoms with Crippen LogP contribution in [0.1, 0.15) is 31.1 Å². The number of nitrogens with zero attached hydrogens (tertiary/aromatic N) is 1. The summed E-state index contributed by atoms with van der Waals surface area (Å²) in [5.74, 6) is 0.0560. The zero-order chi connectivity index (χ0) is 12.3. The highest BCUT2D eigenvalue weighted by Crippen LogP contribution is 2.19. The summed E-state index contributed by atoms with van der Waals surface area (Å²) in [6, 6.07) is 6.79. The van der Waals surface area contributed by atoms with Gasteiger partial charge in [0.1, 0.15) is 5.84 Å². The largest absolute Gasteiger partial charge is 0.387 e. The molecule has 0 unspecified atom stereocenters. The van der Waals surface area contributed by atoms with Gasteiger partial charge >= 0.3 is 0 Å². The summed E-state index contributed by atoms with van der Waals surface area (Å²) in [5.41, 5.74) is 11.9. The number of rotatable bonds is 2. The van der Waals surface area contributed by atoms with E-state index < -0.39 is 5.91 Å². The van der Waals surface area contributed by atoms with E-state index >= 15 is 0 Å². The van der Waals surface area contributed by atoms with Crippen LogP contribution in [0, 0.1) is 5.41 Å². The molecule has 0 aromatic heterocycles. The van der Waals surface area contributed by atoms with E-state index in [1.165, 1.54) is 0 Å². The van der Waals surface area contributed by atoms with Crippen LogP contribution in [0.3, 0.4) is 0 Å². The Kier molecular flexibility index (Phi) is 3.32. The second kappa shape index (κ2) is 4.35. The fraction of sp³-hybridized carbons (Fsp3) is 0.333. The topological polar surface area (TPSA) is 81.5 Å². The van der Waals surface area contributed by atoms with Crippen LogP contribution in [0.4, 0.5) is 5.69 Å². The molecule has 86 valence electrons. The first-order valence-electron chi connectivity index (χ1n) is 5.05. The lowest BCUT2D eigenvalue weighted by Crippen LogP contribution is -2.28. The van der Waals surface area contributed by atoms with Crippen LogP contribution in [0.25, 0.3) is 0 Å². The molecule has 0 aliphatic rings. The minimum atomic E-state index is -0.466. The number of primary amides is 1. The van der Waals surface area contributed by atoms with Gasteiger partial charge in [-0.1, -0.05) is 26.8 Å². The standard InChI is InChI=1S/C12H17N3O/c1-12(2,3)11(14)15-9-6-4-5-8(7-9)10(13)16/h4-7H,1-3H3,(H2,13,16)(H2,14,15). The van der Waals surface area contributed by atoms with Gasteiger partial charge in [0.25, 0.3) is 0 Å². The molecule has 4 heteroatoms. The third-order valence-electron chi connectivity index (χ3n) is 2.15. The Balaban J connectivity index is 3.07. The van der Waals surface area contributed by atoms with E-state index in [2.05, 4.69) is 4.99 Å². The Hall–Kier alpha value is -1.84. The lowest BCUT2D eigenvalue weighted by atomic mass is 9.95. The van der Waals surface area contributed by atoms with Crippen molar-refractivity contribution in [1.29, 1.82) is 0 Å². The van der Waals surface area contributed by atoms with E-state index in [9.17, 15) is 4.79 Å². The van der Waals surface area contributed by atoms with Crippen molar-refractivity contribution in [3.05, 3.63) is 29.8 Å². The van der Waals surface area contributed by atoms with Crippen LogP contribution < -0.4 is 11.5 Å². The number of amidine groups is 1. The molecule has 1 aromatic rings. The first-order valence-corrected chi connectivity index (χ1v) is 5.05. The summed E-state index contributed by atoms with van der Waals surface area (Å²) < 4.78 is 0. The Morgan fingerprint density at radius 1 is 1.25 bits per heavy atom. The van der Waals surface area contributed by atoms with Crippen molar-refractivity contribution >= 4 is 17.4 Å². The predicted molar refractivity (Wildman–Crippen MR) is 65.7 cm³/mol. The highest BCUT2D eigenvalue weighted by Gasteiger charge is 2.15. The fourth-order valence-electron chi connectivity index (χ4n) is 1.04. The molecule has 0 bridgehead atoms. The van der Waals surface area contributed by atoms with Crippen LogP contribution in [0.15, 0.2) is 29.3 Å². The summed E-state index contributed by atoms with van der Waals surface area (Å²) in [6.07, 6.45) is 0. The summed E-state index contributed by atoms with van der Waals surface area (Å²) in [7, 11) is 0. The van der Waals surface area contributed by atoms with Gasteiger partial charge < -0.3 is 11.5 Å². The molecule has 1 amide bonds. The SMILES string of the molecule is CC(C)(C)C(N)=Nc1cccc(C(N)=O)c1. The summed E-state index contributed by atoms with van der Waals surface area (Å²) in [6.45, 7) is 5.93. The average Bonchev–Trinajstić information content (AvgIpc) is 2.16. The van der Waals surface area contributed by atoms with E-state index in [1.807, 2.05) is 20.8 Å². The summed E-state index contributed by atoms with van der Waals surface area (Å²) in [5, 5.41) is 0. The second-order valence-corrected chi connectivity index (χ2v) is 4.66. The lowest BCUT2D eigenvalue weighted by Gasteiger charge is -2.17. The van der Waals surface area contributed by atoms with Crippen molar-refractivity contribution in [2.24, 2.45) is 21.9 Å². The van der Waals surface area contributed by atoms with Crippen LogP contribution in [0.2, 0.25) is 0 Å². The molecule has 1 rings (SSSR count). The number of hydrogen-bond acceptors (Lipinski definition) is 2. The van der Waals surface area contributed by atoms with E-state index in [0.717, 1.165) is 0 Å². The molecular formula is C12H17N3O. The first kappa shape index (κ1) is 12.2. The molecule has 16 heavy (non-hydrogen) atoms. The molecule has 0 aliphatic heterocycles. The van der Waals surface area contributed by atoms with E-state index in [0.29, 0.717) is 17.1 Å². The van der Waals surface area contributed by atoms with Gasteiger partial charge in [0.2, 0.25) is 5.91 Å². The van der Waals surface area contributed by atoms with E-state index in [1.54, 1.807) is 24.3 Å². The number of carbonyl (C=O) groups excluding carboxylic acids is 1. The van der Waals surface area contributed by atoms with Crippen molar-refractivity contribution in [3.8, 4) is 0 Å². The number of amides is 1. The maximum Gasteiger partial charge on any atom is 0.248 e. The van der Waals surface area contributed by atoms with Crippen molar-refractivity contribution in [2.75, 3.05) is 0 Å².